The molecular formula is C20H25N3O2S. The average Bonchev–Trinajstić information content (AvgIpc) is 3.21. The van der Waals surface area contributed by atoms with E-state index in [9.17, 15) is 9.59 Å². The molecule has 1 N–H and O–H groups in total. The van der Waals surface area contributed by atoms with Gasteiger partial charge in [0.15, 0.2) is 0 Å². The molecule has 6 heteroatoms. The van der Waals surface area contributed by atoms with Crippen LogP contribution in [-0.4, -0.2) is 37.9 Å². The maximum Gasteiger partial charge on any atom is 0.248 e. The largest absolute Gasteiger partial charge is 0.347 e. The topological polar surface area (TPSA) is 54.3 Å². The lowest BCUT2D eigenvalue weighted by atomic mass is 10.2. The molecule has 3 heterocycles. The molecule has 5 nitrogen and oxygen atoms in total. The summed E-state index contributed by atoms with van der Waals surface area (Å²) in [7, 11) is 0. The molecule has 0 radical (unpaired) electrons. The standard InChI is InChI=1S/C20H25N3O2S/c1-13(2)11-22-9-7-14-10-15(4-5-16(14)22)21-19(25)17-12-26-20(3)8-6-18(24)23(17)20/h4-5,7,9-10,13,17H,6,8,11-12H2,1-3H3,(H,21,25). The first-order valence-corrected chi connectivity index (χ1v) is 10.2. The summed E-state index contributed by atoms with van der Waals surface area (Å²) < 4.78 is 2.24. The Kier molecular flexibility index (Phi) is 4.26. The van der Waals surface area contributed by atoms with E-state index >= 15 is 0 Å². The Morgan fingerprint density at radius 3 is 2.96 bits per heavy atom. The van der Waals surface area contributed by atoms with Crippen LogP contribution in [0.4, 0.5) is 5.69 Å². The lowest BCUT2D eigenvalue weighted by Crippen LogP contribution is -2.48. The summed E-state index contributed by atoms with van der Waals surface area (Å²) in [6, 6.07) is 7.73. The number of rotatable bonds is 4. The van der Waals surface area contributed by atoms with Crippen LogP contribution < -0.4 is 5.32 Å². The Hall–Kier alpha value is -1.95. The highest BCUT2D eigenvalue weighted by molar-refractivity contribution is 8.01. The summed E-state index contributed by atoms with van der Waals surface area (Å²) in [5, 5.41) is 4.14. The molecule has 0 bridgehead atoms. The molecular weight excluding hydrogens is 346 g/mol. The van der Waals surface area contributed by atoms with Gasteiger partial charge in [0, 0.05) is 41.5 Å². The lowest BCUT2D eigenvalue weighted by molar-refractivity contribution is -0.135. The van der Waals surface area contributed by atoms with Gasteiger partial charge >= 0.3 is 0 Å². The number of nitrogens with one attached hydrogen (secondary N) is 1. The van der Waals surface area contributed by atoms with Crippen molar-refractivity contribution >= 4 is 40.2 Å². The molecule has 26 heavy (non-hydrogen) atoms. The van der Waals surface area contributed by atoms with E-state index in [0.717, 1.165) is 24.0 Å². The Morgan fingerprint density at radius 1 is 1.38 bits per heavy atom. The molecule has 2 fully saturated rings. The van der Waals surface area contributed by atoms with Crippen molar-refractivity contribution in [1.82, 2.24) is 9.47 Å². The zero-order valence-corrected chi connectivity index (χ0v) is 16.3. The monoisotopic (exact) mass is 371 g/mol. The minimum atomic E-state index is -0.374. The summed E-state index contributed by atoms with van der Waals surface area (Å²) in [5.74, 6) is 1.26. The molecule has 2 atom stereocenters. The first kappa shape index (κ1) is 17.5. The van der Waals surface area contributed by atoms with Crippen LogP contribution in [0.15, 0.2) is 30.5 Å². The van der Waals surface area contributed by atoms with Gasteiger partial charge in [0.05, 0.1) is 4.87 Å². The van der Waals surface area contributed by atoms with Gasteiger partial charge in [-0.05, 0) is 43.5 Å². The minimum Gasteiger partial charge on any atom is -0.347 e. The van der Waals surface area contributed by atoms with Gasteiger partial charge in [-0.25, -0.2) is 0 Å². The van der Waals surface area contributed by atoms with E-state index in [1.165, 1.54) is 5.52 Å². The van der Waals surface area contributed by atoms with E-state index in [2.05, 4.69) is 49.0 Å². The Labute approximate surface area is 158 Å². The molecule has 2 unspecified atom stereocenters. The van der Waals surface area contributed by atoms with Crippen molar-refractivity contribution in [3.05, 3.63) is 30.5 Å². The van der Waals surface area contributed by atoms with E-state index in [-0.39, 0.29) is 22.7 Å². The van der Waals surface area contributed by atoms with Crippen molar-refractivity contribution in [1.29, 1.82) is 0 Å². The Morgan fingerprint density at radius 2 is 2.19 bits per heavy atom. The van der Waals surface area contributed by atoms with Gasteiger partial charge in [0.2, 0.25) is 11.8 Å². The van der Waals surface area contributed by atoms with Crippen LogP contribution in [0, 0.1) is 5.92 Å². The van der Waals surface area contributed by atoms with E-state index < -0.39 is 0 Å². The fourth-order valence-corrected chi connectivity index (χ4v) is 5.50. The van der Waals surface area contributed by atoms with Gasteiger partial charge in [0.1, 0.15) is 6.04 Å². The zero-order valence-electron chi connectivity index (χ0n) is 15.5. The normalized spacial score (nSPS) is 25.3. The third-order valence-corrected chi connectivity index (χ3v) is 6.85. The molecule has 1 aromatic heterocycles. The number of thioether (sulfide) groups is 1. The number of carbonyl (C=O) groups is 2. The number of hydrogen-bond donors (Lipinski definition) is 1. The fraction of sp³-hybridized carbons (Fsp3) is 0.500. The fourth-order valence-electron chi connectivity index (χ4n) is 4.07. The second-order valence-corrected chi connectivity index (χ2v) is 9.39. The number of carbonyl (C=O) groups excluding carboxylic acids is 2. The van der Waals surface area contributed by atoms with Gasteiger partial charge in [-0.3, -0.25) is 9.59 Å². The Balaban J connectivity index is 1.52. The number of fused-ring (bicyclic) bond motifs is 2. The van der Waals surface area contributed by atoms with E-state index in [1.54, 1.807) is 16.7 Å². The third-order valence-electron chi connectivity index (χ3n) is 5.35. The zero-order chi connectivity index (χ0) is 18.5. The maximum atomic E-state index is 12.8. The quantitative estimate of drug-likeness (QED) is 0.892. The minimum absolute atomic E-state index is 0.0857. The van der Waals surface area contributed by atoms with Gasteiger partial charge in [0.25, 0.3) is 0 Å². The third kappa shape index (κ3) is 2.90. The van der Waals surface area contributed by atoms with Crippen molar-refractivity contribution in [3.8, 4) is 0 Å². The smallest absolute Gasteiger partial charge is 0.248 e. The number of hydrogen-bond acceptors (Lipinski definition) is 3. The molecule has 2 amide bonds. The molecule has 138 valence electrons. The molecule has 2 aromatic rings. The molecule has 0 saturated carbocycles. The van der Waals surface area contributed by atoms with Gasteiger partial charge in [-0.1, -0.05) is 13.8 Å². The predicted octanol–water partition coefficient (Wildman–Crippen LogP) is 3.69. The molecule has 0 spiro atoms. The second-order valence-electron chi connectivity index (χ2n) is 7.89. The van der Waals surface area contributed by atoms with Crippen molar-refractivity contribution in [2.75, 3.05) is 11.1 Å². The molecule has 2 aliphatic rings. The first-order chi connectivity index (χ1) is 12.4. The van der Waals surface area contributed by atoms with E-state index in [0.29, 0.717) is 18.1 Å². The lowest BCUT2D eigenvalue weighted by Gasteiger charge is -2.29. The van der Waals surface area contributed by atoms with Crippen LogP contribution in [0.1, 0.15) is 33.6 Å². The van der Waals surface area contributed by atoms with Crippen molar-refractivity contribution in [2.24, 2.45) is 5.92 Å². The maximum absolute atomic E-state index is 12.8. The number of nitrogens with zero attached hydrogens (tertiary/aromatic N) is 2. The number of anilines is 1. The van der Waals surface area contributed by atoms with E-state index in [4.69, 9.17) is 0 Å². The highest BCUT2D eigenvalue weighted by Crippen LogP contribution is 2.47. The first-order valence-electron chi connectivity index (χ1n) is 9.23. The van der Waals surface area contributed by atoms with Crippen molar-refractivity contribution in [2.45, 2.75) is 51.1 Å². The van der Waals surface area contributed by atoms with Crippen LogP contribution in [0.25, 0.3) is 10.9 Å². The van der Waals surface area contributed by atoms with E-state index in [1.807, 2.05) is 12.1 Å². The summed E-state index contributed by atoms with van der Waals surface area (Å²) in [6.07, 6.45) is 3.47. The molecule has 1 aromatic carbocycles. The summed E-state index contributed by atoms with van der Waals surface area (Å²) in [5.41, 5.74) is 1.96. The number of benzene rings is 1. The molecule has 4 rings (SSSR count). The van der Waals surface area contributed by atoms with Gasteiger partial charge < -0.3 is 14.8 Å². The van der Waals surface area contributed by atoms with Gasteiger partial charge in [-0.15, -0.1) is 11.8 Å². The van der Waals surface area contributed by atoms with Crippen LogP contribution in [-0.2, 0) is 16.1 Å². The Bertz CT molecular complexity index is 875. The average molecular weight is 372 g/mol. The summed E-state index contributed by atoms with van der Waals surface area (Å²) >= 11 is 1.72. The van der Waals surface area contributed by atoms with Crippen LogP contribution in [0.5, 0.6) is 0 Å². The summed E-state index contributed by atoms with van der Waals surface area (Å²) in [4.78, 5) is 26.6. The van der Waals surface area contributed by atoms with Crippen molar-refractivity contribution < 1.29 is 9.59 Å². The highest BCUT2D eigenvalue weighted by atomic mass is 32.2. The molecule has 2 aliphatic heterocycles. The second kappa shape index (κ2) is 6.34. The summed E-state index contributed by atoms with van der Waals surface area (Å²) in [6.45, 7) is 7.45. The van der Waals surface area contributed by atoms with Crippen LogP contribution in [0.2, 0.25) is 0 Å². The molecule has 2 saturated heterocycles. The SMILES string of the molecule is CC(C)Cn1ccc2cc(NC(=O)C3CSC4(C)CCC(=O)N34)ccc21. The highest BCUT2D eigenvalue weighted by Gasteiger charge is 2.52. The number of amides is 2. The number of aromatic nitrogens is 1. The predicted molar refractivity (Wildman–Crippen MR) is 106 cm³/mol. The van der Waals surface area contributed by atoms with Crippen LogP contribution >= 0.6 is 11.8 Å². The van der Waals surface area contributed by atoms with Crippen molar-refractivity contribution in [3.63, 3.8) is 0 Å². The van der Waals surface area contributed by atoms with Crippen LogP contribution in [0.3, 0.4) is 0 Å². The molecule has 0 aliphatic carbocycles. The van der Waals surface area contributed by atoms with Gasteiger partial charge in [-0.2, -0.15) is 0 Å².